The summed E-state index contributed by atoms with van der Waals surface area (Å²) < 4.78 is 4.66. The van der Waals surface area contributed by atoms with Crippen LogP contribution < -0.4 is 10.6 Å². The van der Waals surface area contributed by atoms with Gasteiger partial charge in [-0.25, -0.2) is 4.79 Å². The number of nitrogens with zero attached hydrogens (tertiary/aromatic N) is 1. The van der Waals surface area contributed by atoms with Crippen LogP contribution in [0.1, 0.15) is 29.8 Å². The lowest BCUT2D eigenvalue weighted by molar-refractivity contribution is 0.0600. The summed E-state index contributed by atoms with van der Waals surface area (Å²) in [6.45, 7) is 5.82. The van der Waals surface area contributed by atoms with Gasteiger partial charge in [0, 0.05) is 20.1 Å². The average molecular weight is 405 g/mol. The number of esters is 1. The van der Waals surface area contributed by atoms with E-state index < -0.39 is 0 Å². The van der Waals surface area contributed by atoms with E-state index in [9.17, 15) is 4.79 Å². The molecule has 0 heterocycles. The number of guanidine groups is 1. The second-order valence-electron chi connectivity index (χ2n) is 4.89. The van der Waals surface area contributed by atoms with Crippen LogP contribution in [-0.2, 0) is 11.3 Å². The highest BCUT2D eigenvalue weighted by atomic mass is 127. The van der Waals surface area contributed by atoms with Crippen LogP contribution in [0.4, 0.5) is 0 Å². The maximum atomic E-state index is 11.3. The van der Waals surface area contributed by atoms with Gasteiger partial charge in [-0.1, -0.05) is 26.0 Å². The van der Waals surface area contributed by atoms with Crippen molar-refractivity contribution in [2.75, 3.05) is 20.7 Å². The summed E-state index contributed by atoms with van der Waals surface area (Å²) in [5.41, 5.74) is 1.63. The van der Waals surface area contributed by atoms with E-state index in [1.165, 1.54) is 7.11 Å². The molecule has 1 aromatic carbocycles. The molecule has 0 aliphatic heterocycles. The summed E-state index contributed by atoms with van der Waals surface area (Å²) in [7, 11) is 3.12. The standard InChI is InChI=1S/C15H23N3O2.HI/c1-11(2)9-17-15(16-3)18-10-12-5-7-13(8-6-12)14(19)20-4;/h5-8,11H,9-10H2,1-4H3,(H2,16,17,18);1H. The summed E-state index contributed by atoms with van der Waals surface area (Å²) >= 11 is 0. The highest BCUT2D eigenvalue weighted by molar-refractivity contribution is 14.0. The van der Waals surface area contributed by atoms with E-state index in [1.54, 1.807) is 19.2 Å². The lowest BCUT2D eigenvalue weighted by atomic mass is 10.1. The van der Waals surface area contributed by atoms with E-state index in [1.807, 2.05) is 12.1 Å². The van der Waals surface area contributed by atoms with E-state index in [-0.39, 0.29) is 29.9 Å². The predicted octanol–water partition coefficient (Wildman–Crippen LogP) is 2.41. The summed E-state index contributed by atoms with van der Waals surface area (Å²) in [6, 6.07) is 7.31. The van der Waals surface area contributed by atoms with Crippen molar-refractivity contribution in [3.05, 3.63) is 35.4 Å². The topological polar surface area (TPSA) is 62.7 Å². The van der Waals surface area contributed by atoms with E-state index >= 15 is 0 Å². The van der Waals surface area contributed by atoms with Crippen LogP contribution in [-0.4, -0.2) is 32.6 Å². The molecule has 0 saturated heterocycles. The number of hydrogen-bond donors (Lipinski definition) is 2. The normalized spacial score (nSPS) is 10.8. The third-order valence-electron chi connectivity index (χ3n) is 2.74. The van der Waals surface area contributed by atoms with Crippen molar-refractivity contribution in [2.45, 2.75) is 20.4 Å². The molecule has 0 saturated carbocycles. The Morgan fingerprint density at radius 2 is 1.86 bits per heavy atom. The Hall–Kier alpha value is -1.31. The maximum Gasteiger partial charge on any atom is 0.337 e. The quantitative estimate of drug-likeness (QED) is 0.342. The third-order valence-corrected chi connectivity index (χ3v) is 2.74. The number of rotatable bonds is 5. The van der Waals surface area contributed by atoms with Crippen molar-refractivity contribution < 1.29 is 9.53 Å². The SMILES string of the molecule is CN=C(NCc1ccc(C(=O)OC)cc1)NCC(C)C.I. The van der Waals surface area contributed by atoms with E-state index in [0.717, 1.165) is 18.1 Å². The van der Waals surface area contributed by atoms with Gasteiger partial charge in [-0.3, -0.25) is 4.99 Å². The first kappa shape index (κ1) is 19.7. The fraction of sp³-hybridized carbons (Fsp3) is 0.467. The molecule has 0 atom stereocenters. The molecule has 0 unspecified atom stereocenters. The molecule has 0 aromatic heterocycles. The van der Waals surface area contributed by atoms with E-state index in [4.69, 9.17) is 0 Å². The first-order valence-electron chi connectivity index (χ1n) is 6.68. The molecule has 2 N–H and O–H groups in total. The summed E-state index contributed by atoms with van der Waals surface area (Å²) in [4.78, 5) is 15.5. The number of methoxy groups -OCH3 is 1. The Morgan fingerprint density at radius 1 is 1.24 bits per heavy atom. The first-order chi connectivity index (χ1) is 9.56. The second-order valence-corrected chi connectivity index (χ2v) is 4.89. The molecule has 118 valence electrons. The first-order valence-corrected chi connectivity index (χ1v) is 6.68. The van der Waals surface area contributed by atoms with Crippen molar-refractivity contribution in [1.29, 1.82) is 0 Å². The lowest BCUT2D eigenvalue weighted by Gasteiger charge is -2.13. The largest absolute Gasteiger partial charge is 0.465 e. The average Bonchev–Trinajstić information content (AvgIpc) is 2.47. The summed E-state index contributed by atoms with van der Waals surface area (Å²) in [5, 5.41) is 6.47. The van der Waals surface area contributed by atoms with Gasteiger partial charge in [0.15, 0.2) is 5.96 Å². The van der Waals surface area contributed by atoms with Crippen molar-refractivity contribution >= 4 is 35.9 Å². The molecule has 0 bridgehead atoms. The lowest BCUT2D eigenvalue weighted by Crippen LogP contribution is -2.38. The molecule has 0 radical (unpaired) electrons. The van der Waals surface area contributed by atoms with E-state index in [0.29, 0.717) is 18.0 Å². The molecule has 5 nitrogen and oxygen atoms in total. The van der Waals surface area contributed by atoms with Crippen LogP contribution in [0.25, 0.3) is 0 Å². The molecule has 21 heavy (non-hydrogen) atoms. The molecule has 1 aromatic rings. The Bertz CT molecular complexity index is 458. The minimum Gasteiger partial charge on any atom is -0.465 e. The van der Waals surface area contributed by atoms with Crippen LogP contribution in [0, 0.1) is 5.92 Å². The second kappa shape index (κ2) is 10.4. The van der Waals surface area contributed by atoms with Crippen LogP contribution in [0.15, 0.2) is 29.3 Å². The fourth-order valence-corrected chi connectivity index (χ4v) is 1.58. The van der Waals surface area contributed by atoms with Gasteiger partial charge in [-0.15, -0.1) is 24.0 Å². The Balaban J connectivity index is 0.00000400. The molecular formula is C15H24IN3O2. The van der Waals surface area contributed by atoms with Gasteiger partial charge >= 0.3 is 5.97 Å². The van der Waals surface area contributed by atoms with Crippen molar-refractivity contribution in [2.24, 2.45) is 10.9 Å². The highest BCUT2D eigenvalue weighted by Gasteiger charge is 2.04. The number of ether oxygens (including phenoxy) is 1. The van der Waals surface area contributed by atoms with Crippen molar-refractivity contribution in [3.8, 4) is 0 Å². The van der Waals surface area contributed by atoms with Crippen LogP contribution in [0.3, 0.4) is 0 Å². The predicted molar refractivity (Wildman–Crippen MR) is 96.2 cm³/mol. The van der Waals surface area contributed by atoms with Gasteiger partial charge in [0.25, 0.3) is 0 Å². The molecule has 0 aliphatic rings. The van der Waals surface area contributed by atoms with Crippen LogP contribution in [0.5, 0.6) is 0 Å². The third kappa shape index (κ3) is 7.31. The summed E-state index contributed by atoms with van der Waals surface area (Å²) in [6.07, 6.45) is 0. The number of carbonyl (C=O) groups is 1. The Labute approximate surface area is 143 Å². The zero-order valence-corrected chi connectivity index (χ0v) is 15.3. The van der Waals surface area contributed by atoms with Gasteiger partial charge < -0.3 is 15.4 Å². The minimum atomic E-state index is -0.320. The highest BCUT2D eigenvalue weighted by Crippen LogP contribution is 2.05. The van der Waals surface area contributed by atoms with Crippen LogP contribution in [0.2, 0.25) is 0 Å². The van der Waals surface area contributed by atoms with Gasteiger partial charge in [-0.2, -0.15) is 0 Å². The number of halogens is 1. The zero-order chi connectivity index (χ0) is 15.0. The van der Waals surface area contributed by atoms with E-state index in [2.05, 4.69) is 34.2 Å². The molecule has 0 aliphatic carbocycles. The fourth-order valence-electron chi connectivity index (χ4n) is 1.58. The molecule has 0 amide bonds. The minimum absolute atomic E-state index is 0. The molecule has 0 spiro atoms. The number of nitrogens with one attached hydrogen (secondary N) is 2. The van der Waals surface area contributed by atoms with Gasteiger partial charge in [0.1, 0.15) is 0 Å². The van der Waals surface area contributed by atoms with Gasteiger partial charge in [0.2, 0.25) is 0 Å². The molecule has 0 fully saturated rings. The Morgan fingerprint density at radius 3 is 2.33 bits per heavy atom. The van der Waals surface area contributed by atoms with Crippen LogP contribution >= 0.6 is 24.0 Å². The molecule has 6 heteroatoms. The zero-order valence-electron chi connectivity index (χ0n) is 13.0. The molecule has 1 rings (SSSR count). The van der Waals surface area contributed by atoms with Gasteiger partial charge in [-0.05, 0) is 23.6 Å². The maximum absolute atomic E-state index is 11.3. The number of hydrogen-bond acceptors (Lipinski definition) is 3. The van der Waals surface area contributed by atoms with Gasteiger partial charge in [0.05, 0.1) is 12.7 Å². The van der Waals surface area contributed by atoms with Crippen molar-refractivity contribution in [3.63, 3.8) is 0 Å². The van der Waals surface area contributed by atoms with Crippen molar-refractivity contribution in [1.82, 2.24) is 10.6 Å². The number of aliphatic imine (C=N–C) groups is 1. The number of benzene rings is 1. The monoisotopic (exact) mass is 405 g/mol. The molecular weight excluding hydrogens is 381 g/mol. The summed E-state index contributed by atoms with van der Waals surface area (Å²) in [5.74, 6) is 1.02. The smallest absolute Gasteiger partial charge is 0.337 e. The Kier molecular flexibility index (Phi) is 9.77. The number of carbonyl (C=O) groups excluding carboxylic acids is 1.